The van der Waals surface area contributed by atoms with Crippen LogP contribution in [-0.2, 0) is 19.5 Å². The second kappa shape index (κ2) is 5.66. The summed E-state index contributed by atoms with van der Waals surface area (Å²) in [5.74, 6) is 4.59. The maximum Gasteiger partial charge on any atom is 0.152 e. The number of aryl methyl sites for hydroxylation is 2. The molecule has 6 heteroatoms. The van der Waals surface area contributed by atoms with Crippen LogP contribution < -0.4 is 5.32 Å². The first-order valence-corrected chi connectivity index (χ1v) is 8.30. The van der Waals surface area contributed by atoms with E-state index < -0.39 is 0 Å². The lowest BCUT2D eigenvalue weighted by Crippen LogP contribution is -2.17. The lowest BCUT2D eigenvalue weighted by atomic mass is 9.85. The summed E-state index contributed by atoms with van der Waals surface area (Å²) < 4.78 is 2.25. The number of rotatable bonds is 4. The third kappa shape index (κ3) is 2.58. The van der Waals surface area contributed by atoms with Crippen LogP contribution in [0, 0.1) is 6.92 Å². The maximum atomic E-state index is 4.69. The predicted octanol–water partition coefficient (Wildman–Crippen LogP) is 2.59. The lowest BCUT2D eigenvalue weighted by Gasteiger charge is -2.24. The van der Waals surface area contributed by atoms with Crippen molar-refractivity contribution in [2.75, 3.05) is 5.32 Å². The molecule has 0 unspecified atom stereocenters. The van der Waals surface area contributed by atoms with Gasteiger partial charge in [0.2, 0.25) is 0 Å². The van der Waals surface area contributed by atoms with Crippen LogP contribution in [0.15, 0.2) is 6.07 Å². The van der Waals surface area contributed by atoms with Gasteiger partial charge in [-0.25, -0.2) is 9.97 Å². The molecule has 6 nitrogen and oxygen atoms in total. The Balaban J connectivity index is 1.49. The highest BCUT2D eigenvalue weighted by atomic mass is 15.3. The minimum atomic E-state index is 0.557. The largest absolute Gasteiger partial charge is 0.363 e. The third-order valence-electron chi connectivity index (χ3n) is 4.71. The topological polar surface area (TPSA) is 68.5 Å². The standard InChI is InChI=1S/C16H22N6/c1-11-9-13(19-16(18-11)12-5-4-6-12)17-10-15-21-20-14-7-2-3-8-22(14)15/h9,12H,2-8,10H2,1H3,(H,17,18,19). The zero-order valence-electron chi connectivity index (χ0n) is 13.0. The van der Waals surface area contributed by atoms with E-state index in [4.69, 9.17) is 0 Å². The van der Waals surface area contributed by atoms with Gasteiger partial charge in [-0.2, -0.15) is 0 Å². The predicted molar refractivity (Wildman–Crippen MR) is 83.6 cm³/mol. The highest BCUT2D eigenvalue weighted by Crippen LogP contribution is 2.34. The van der Waals surface area contributed by atoms with Gasteiger partial charge in [0.1, 0.15) is 17.5 Å². The van der Waals surface area contributed by atoms with Crippen LogP contribution in [0.1, 0.15) is 61.2 Å². The number of hydrogen-bond acceptors (Lipinski definition) is 5. The molecule has 0 bridgehead atoms. The van der Waals surface area contributed by atoms with Gasteiger partial charge in [0.05, 0.1) is 6.54 Å². The SMILES string of the molecule is Cc1cc(NCc2nnc3n2CCCC3)nc(C2CCC2)n1. The summed E-state index contributed by atoms with van der Waals surface area (Å²) >= 11 is 0. The van der Waals surface area contributed by atoms with Crippen LogP contribution in [0.4, 0.5) is 5.82 Å². The van der Waals surface area contributed by atoms with Gasteiger partial charge >= 0.3 is 0 Å². The van der Waals surface area contributed by atoms with Gasteiger partial charge < -0.3 is 9.88 Å². The molecule has 3 heterocycles. The Morgan fingerprint density at radius 2 is 2.09 bits per heavy atom. The molecule has 0 saturated heterocycles. The summed E-state index contributed by atoms with van der Waals surface area (Å²) in [5.41, 5.74) is 1.03. The monoisotopic (exact) mass is 298 g/mol. The van der Waals surface area contributed by atoms with Crippen molar-refractivity contribution in [3.8, 4) is 0 Å². The quantitative estimate of drug-likeness (QED) is 0.939. The van der Waals surface area contributed by atoms with E-state index in [1.54, 1.807) is 0 Å². The number of nitrogens with one attached hydrogen (secondary N) is 1. The highest BCUT2D eigenvalue weighted by Gasteiger charge is 2.23. The molecule has 1 aliphatic heterocycles. The Morgan fingerprint density at radius 3 is 2.91 bits per heavy atom. The fraction of sp³-hybridized carbons (Fsp3) is 0.625. The van der Waals surface area contributed by atoms with E-state index in [-0.39, 0.29) is 0 Å². The number of fused-ring (bicyclic) bond motifs is 1. The van der Waals surface area contributed by atoms with Crippen molar-refractivity contribution in [2.45, 2.75) is 64.5 Å². The lowest BCUT2D eigenvalue weighted by molar-refractivity contribution is 0.401. The smallest absolute Gasteiger partial charge is 0.152 e. The Kier molecular flexibility index (Phi) is 3.52. The number of hydrogen-bond donors (Lipinski definition) is 1. The molecular formula is C16H22N6. The van der Waals surface area contributed by atoms with E-state index in [1.807, 2.05) is 13.0 Å². The normalized spacial score (nSPS) is 17.9. The Labute approximate surface area is 130 Å². The van der Waals surface area contributed by atoms with Crippen LogP contribution in [0.5, 0.6) is 0 Å². The number of anilines is 1. The molecule has 1 fully saturated rings. The average Bonchev–Trinajstić information content (AvgIpc) is 2.86. The summed E-state index contributed by atoms with van der Waals surface area (Å²) in [4.78, 5) is 9.27. The van der Waals surface area contributed by atoms with Crippen LogP contribution >= 0.6 is 0 Å². The average molecular weight is 298 g/mol. The Morgan fingerprint density at radius 1 is 1.18 bits per heavy atom. The molecule has 116 valence electrons. The summed E-state index contributed by atoms with van der Waals surface area (Å²) in [5, 5.41) is 12.0. The van der Waals surface area contributed by atoms with Gasteiger partial charge in [-0.1, -0.05) is 6.42 Å². The maximum absolute atomic E-state index is 4.69. The molecule has 0 spiro atoms. The van der Waals surface area contributed by atoms with E-state index in [2.05, 4.69) is 30.0 Å². The van der Waals surface area contributed by atoms with Crippen molar-refractivity contribution in [3.05, 3.63) is 29.2 Å². The molecule has 0 aromatic carbocycles. The molecular weight excluding hydrogens is 276 g/mol. The van der Waals surface area contributed by atoms with Gasteiger partial charge in [-0.15, -0.1) is 10.2 Å². The van der Waals surface area contributed by atoms with E-state index in [9.17, 15) is 0 Å². The fourth-order valence-electron chi connectivity index (χ4n) is 3.20. The van der Waals surface area contributed by atoms with Crippen molar-refractivity contribution in [3.63, 3.8) is 0 Å². The molecule has 22 heavy (non-hydrogen) atoms. The molecule has 2 aromatic heterocycles. The molecule has 2 aliphatic rings. The summed E-state index contributed by atoms with van der Waals surface area (Å²) in [7, 11) is 0. The first-order chi connectivity index (χ1) is 10.8. The third-order valence-corrected chi connectivity index (χ3v) is 4.71. The number of nitrogens with zero attached hydrogens (tertiary/aromatic N) is 5. The van der Waals surface area contributed by atoms with Crippen molar-refractivity contribution in [2.24, 2.45) is 0 Å². The number of aromatic nitrogens is 5. The molecule has 0 atom stereocenters. The van der Waals surface area contributed by atoms with E-state index >= 15 is 0 Å². The van der Waals surface area contributed by atoms with Crippen molar-refractivity contribution < 1.29 is 0 Å². The van der Waals surface area contributed by atoms with Gasteiger partial charge in [0.25, 0.3) is 0 Å². The van der Waals surface area contributed by atoms with Gasteiger partial charge in [-0.05, 0) is 32.6 Å². The molecule has 0 radical (unpaired) electrons. The van der Waals surface area contributed by atoms with Crippen LogP contribution in [-0.4, -0.2) is 24.7 Å². The summed E-state index contributed by atoms with van der Waals surface area (Å²) in [6, 6.07) is 2.01. The molecule has 2 aromatic rings. The second-order valence-electron chi connectivity index (χ2n) is 6.38. The molecule has 4 rings (SSSR count). The minimum Gasteiger partial charge on any atom is -0.363 e. The van der Waals surface area contributed by atoms with Gasteiger partial charge in [0, 0.05) is 30.6 Å². The molecule has 1 aliphatic carbocycles. The van der Waals surface area contributed by atoms with E-state index in [1.165, 1.54) is 32.1 Å². The van der Waals surface area contributed by atoms with Crippen molar-refractivity contribution in [1.29, 1.82) is 0 Å². The van der Waals surface area contributed by atoms with Gasteiger partial charge in [-0.3, -0.25) is 0 Å². The van der Waals surface area contributed by atoms with E-state index in [0.717, 1.165) is 42.0 Å². The van der Waals surface area contributed by atoms with Crippen molar-refractivity contribution >= 4 is 5.82 Å². The molecule has 0 amide bonds. The van der Waals surface area contributed by atoms with Gasteiger partial charge in [0.15, 0.2) is 5.82 Å². The first kappa shape index (κ1) is 13.7. The Bertz CT molecular complexity index is 673. The second-order valence-corrected chi connectivity index (χ2v) is 6.38. The fourth-order valence-corrected chi connectivity index (χ4v) is 3.20. The van der Waals surface area contributed by atoms with Crippen molar-refractivity contribution in [1.82, 2.24) is 24.7 Å². The zero-order valence-corrected chi connectivity index (χ0v) is 13.0. The zero-order chi connectivity index (χ0) is 14.9. The minimum absolute atomic E-state index is 0.557. The van der Waals surface area contributed by atoms with Crippen LogP contribution in [0.2, 0.25) is 0 Å². The summed E-state index contributed by atoms with van der Waals surface area (Å²) in [6.45, 7) is 3.75. The molecule has 1 saturated carbocycles. The van der Waals surface area contributed by atoms with E-state index in [0.29, 0.717) is 12.5 Å². The molecule has 1 N–H and O–H groups in total. The summed E-state index contributed by atoms with van der Waals surface area (Å²) in [6.07, 6.45) is 7.24. The Hall–Kier alpha value is -1.98. The van der Waals surface area contributed by atoms with Crippen LogP contribution in [0.25, 0.3) is 0 Å². The first-order valence-electron chi connectivity index (χ1n) is 8.30. The highest BCUT2D eigenvalue weighted by molar-refractivity contribution is 5.36. The van der Waals surface area contributed by atoms with Crippen LogP contribution in [0.3, 0.4) is 0 Å².